The van der Waals surface area contributed by atoms with Gasteiger partial charge < -0.3 is 10.5 Å². The highest BCUT2D eigenvalue weighted by atomic mass is 19.1. The van der Waals surface area contributed by atoms with Gasteiger partial charge in [-0.2, -0.15) is 0 Å². The van der Waals surface area contributed by atoms with Gasteiger partial charge in [-0.15, -0.1) is 0 Å². The van der Waals surface area contributed by atoms with Crippen molar-refractivity contribution in [3.8, 4) is 11.5 Å². The van der Waals surface area contributed by atoms with Crippen LogP contribution in [0, 0.1) is 28.3 Å². The predicted octanol–water partition coefficient (Wildman–Crippen LogP) is 3.12. The van der Waals surface area contributed by atoms with Crippen molar-refractivity contribution in [2.24, 2.45) is 5.73 Å². The Hall–Kier alpha value is -2.96. The molecule has 0 aromatic heterocycles. The number of nitro groups is 1. The van der Waals surface area contributed by atoms with Gasteiger partial charge in [-0.05, 0) is 25.1 Å². The lowest BCUT2D eigenvalue weighted by molar-refractivity contribution is -0.385. The van der Waals surface area contributed by atoms with E-state index in [9.17, 15) is 14.5 Å². The standard InChI is InChI=1S/C14H12FN3O3/c1-8-5-6-12(9(7-8)14(16)17)21-13-10(15)3-2-4-11(13)18(19)20/h2-7H,1H3,(H3,16,17). The van der Waals surface area contributed by atoms with E-state index in [-0.39, 0.29) is 17.1 Å². The highest BCUT2D eigenvalue weighted by Gasteiger charge is 2.21. The van der Waals surface area contributed by atoms with E-state index in [1.165, 1.54) is 12.1 Å². The Morgan fingerprint density at radius 3 is 2.71 bits per heavy atom. The second-order valence-corrected chi connectivity index (χ2v) is 4.36. The second kappa shape index (κ2) is 5.58. The Bertz CT molecular complexity index is 731. The lowest BCUT2D eigenvalue weighted by atomic mass is 10.1. The summed E-state index contributed by atoms with van der Waals surface area (Å²) in [6.45, 7) is 1.79. The number of ether oxygens (including phenoxy) is 1. The van der Waals surface area contributed by atoms with Crippen LogP contribution in [0.5, 0.6) is 11.5 Å². The molecule has 2 rings (SSSR count). The Balaban J connectivity index is 2.53. The van der Waals surface area contributed by atoms with Crippen molar-refractivity contribution in [3.63, 3.8) is 0 Å². The maximum absolute atomic E-state index is 13.8. The van der Waals surface area contributed by atoms with Crippen LogP contribution >= 0.6 is 0 Å². The number of nitrogens with two attached hydrogens (primary N) is 1. The second-order valence-electron chi connectivity index (χ2n) is 4.36. The zero-order valence-electron chi connectivity index (χ0n) is 11.1. The van der Waals surface area contributed by atoms with Crippen molar-refractivity contribution in [2.45, 2.75) is 6.92 Å². The molecule has 108 valence electrons. The maximum atomic E-state index is 13.8. The Morgan fingerprint density at radius 2 is 2.10 bits per heavy atom. The molecule has 3 N–H and O–H groups in total. The van der Waals surface area contributed by atoms with Gasteiger partial charge in [0.2, 0.25) is 5.75 Å². The molecule has 0 spiro atoms. The Labute approximate surface area is 119 Å². The quantitative estimate of drug-likeness (QED) is 0.390. The first-order chi connectivity index (χ1) is 9.90. The van der Waals surface area contributed by atoms with E-state index >= 15 is 0 Å². The molecule has 0 fully saturated rings. The maximum Gasteiger partial charge on any atom is 0.314 e. The van der Waals surface area contributed by atoms with Gasteiger partial charge in [0.05, 0.1) is 10.5 Å². The first-order valence-corrected chi connectivity index (χ1v) is 5.96. The molecule has 0 heterocycles. The number of nitro benzene ring substituents is 1. The molecule has 2 aromatic rings. The summed E-state index contributed by atoms with van der Waals surface area (Å²) in [5, 5.41) is 18.4. The van der Waals surface area contributed by atoms with Crippen molar-refractivity contribution >= 4 is 11.5 Å². The average Bonchev–Trinajstić information content (AvgIpc) is 2.42. The fraction of sp³-hybridized carbons (Fsp3) is 0.0714. The first kappa shape index (κ1) is 14.4. The molecule has 0 aliphatic rings. The Morgan fingerprint density at radius 1 is 1.38 bits per heavy atom. The molecule has 21 heavy (non-hydrogen) atoms. The summed E-state index contributed by atoms with van der Waals surface area (Å²) in [6, 6.07) is 8.17. The highest BCUT2D eigenvalue weighted by Crippen LogP contribution is 2.35. The predicted molar refractivity (Wildman–Crippen MR) is 75.3 cm³/mol. The van der Waals surface area contributed by atoms with Crippen LogP contribution in [-0.4, -0.2) is 10.8 Å². The van der Waals surface area contributed by atoms with Gasteiger partial charge in [0.1, 0.15) is 11.6 Å². The van der Waals surface area contributed by atoms with Crippen LogP contribution in [0.4, 0.5) is 10.1 Å². The Kier molecular flexibility index (Phi) is 3.84. The molecular weight excluding hydrogens is 277 g/mol. The number of rotatable bonds is 4. The zero-order chi connectivity index (χ0) is 15.6. The average molecular weight is 289 g/mol. The molecule has 0 saturated heterocycles. The van der Waals surface area contributed by atoms with E-state index in [1.54, 1.807) is 19.1 Å². The number of nitrogens with zero attached hydrogens (tertiary/aromatic N) is 1. The molecule has 0 radical (unpaired) electrons. The molecular formula is C14H12FN3O3. The van der Waals surface area contributed by atoms with Crippen LogP contribution in [0.1, 0.15) is 11.1 Å². The molecule has 0 bridgehead atoms. The number of nitrogen functional groups attached to an aromatic ring is 1. The number of para-hydroxylation sites is 1. The van der Waals surface area contributed by atoms with E-state index in [1.807, 2.05) is 0 Å². The summed E-state index contributed by atoms with van der Waals surface area (Å²) in [6.07, 6.45) is 0. The largest absolute Gasteiger partial charge is 0.446 e. The van der Waals surface area contributed by atoms with Crippen LogP contribution < -0.4 is 10.5 Å². The number of hydrogen-bond donors (Lipinski definition) is 2. The van der Waals surface area contributed by atoms with Crippen molar-refractivity contribution in [1.82, 2.24) is 0 Å². The number of nitrogens with one attached hydrogen (secondary N) is 1. The third-order valence-corrected chi connectivity index (χ3v) is 2.78. The first-order valence-electron chi connectivity index (χ1n) is 5.96. The molecule has 0 unspecified atom stereocenters. The van der Waals surface area contributed by atoms with Crippen LogP contribution in [0.25, 0.3) is 0 Å². The molecule has 0 aliphatic heterocycles. The smallest absolute Gasteiger partial charge is 0.314 e. The molecule has 2 aromatic carbocycles. The fourth-order valence-electron chi connectivity index (χ4n) is 1.80. The van der Waals surface area contributed by atoms with Crippen molar-refractivity contribution in [3.05, 3.63) is 63.5 Å². The number of amidine groups is 1. The molecule has 7 heteroatoms. The van der Waals surface area contributed by atoms with Gasteiger partial charge in [-0.25, -0.2) is 4.39 Å². The fourth-order valence-corrected chi connectivity index (χ4v) is 1.80. The van der Waals surface area contributed by atoms with Crippen molar-refractivity contribution in [1.29, 1.82) is 5.41 Å². The molecule has 0 saturated carbocycles. The highest BCUT2D eigenvalue weighted by molar-refractivity contribution is 5.97. The normalized spacial score (nSPS) is 10.2. The van der Waals surface area contributed by atoms with Crippen molar-refractivity contribution < 1.29 is 14.1 Å². The van der Waals surface area contributed by atoms with Crippen LogP contribution in [-0.2, 0) is 0 Å². The van der Waals surface area contributed by atoms with Gasteiger partial charge in [0.15, 0.2) is 5.82 Å². The van der Waals surface area contributed by atoms with Crippen molar-refractivity contribution in [2.75, 3.05) is 0 Å². The zero-order valence-corrected chi connectivity index (χ0v) is 11.1. The van der Waals surface area contributed by atoms with Crippen LogP contribution in [0.2, 0.25) is 0 Å². The summed E-state index contributed by atoms with van der Waals surface area (Å²) in [7, 11) is 0. The van der Waals surface area contributed by atoms with E-state index in [2.05, 4.69) is 0 Å². The monoisotopic (exact) mass is 289 g/mol. The molecule has 0 amide bonds. The summed E-state index contributed by atoms with van der Waals surface area (Å²) in [4.78, 5) is 10.2. The number of benzene rings is 2. The summed E-state index contributed by atoms with van der Waals surface area (Å²) < 4.78 is 19.1. The number of halogens is 1. The minimum atomic E-state index is -0.862. The number of aryl methyl sites for hydroxylation is 1. The van der Waals surface area contributed by atoms with Crippen LogP contribution in [0.3, 0.4) is 0 Å². The molecule has 6 nitrogen and oxygen atoms in total. The lowest BCUT2D eigenvalue weighted by Gasteiger charge is -2.11. The van der Waals surface area contributed by atoms with Gasteiger partial charge in [0.25, 0.3) is 0 Å². The SMILES string of the molecule is Cc1ccc(Oc2c(F)cccc2[N+](=O)[O-])c(C(=N)N)c1. The molecule has 0 atom stereocenters. The summed E-state index contributed by atoms with van der Waals surface area (Å²) >= 11 is 0. The summed E-state index contributed by atoms with van der Waals surface area (Å²) in [5.41, 5.74) is 6.03. The minimum Gasteiger partial charge on any atom is -0.446 e. The van der Waals surface area contributed by atoms with E-state index in [0.717, 1.165) is 17.7 Å². The molecule has 0 aliphatic carbocycles. The van der Waals surface area contributed by atoms with E-state index in [4.69, 9.17) is 15.9 Å². The lowest BCUT2D eigenvalue weighted by Crippen LogP contribution is -2.12. The van der Waals surface area contributed by atoms with Gasteiger partial charge >= 0.3 is 5.69 Å². The van der Waals surface area contributed by atoms with Gasteiger partial charge in [0, 0.05) is 6.07 Å². The van der Waals surface area contributed by atoms with Crippen LogP contribution in [0.15, 0.2) is 36.4 Å². The number of hydrogen-bond acceptors (Lipinski definition) is 4. The minimum absolute atomic E-state index is 0.0845. The van der Waals surface area contributed by atoms with Gasteiger partial charge in [-0.1, -0.05) is 17.7 Å². The third kappa shape index (κ3) is 2.97. The summed E-state index contributed by atoms with van der Waals surface area (Å²) in [5.74, 6) is -1.55. The van der Waals surface area contributed by atoms with E-state index < -0.39 is 22.2 Å². The third-order valence-electron chi connectivity index (χ3n) is 2.78. The van der Waals surface area contributed by atoms with Gasteiger partial charge in [-0.3, -0.25) is 15.5 Å². The van der Waals surface area contributed by atoms with E-state index in [0.29, 0.717) is 0 Å². The topological polar surface area (TPSA) is 102 Å².